The van der Waals surface area contributed by atoms with Crippen molar-refractivity contribution < 1.29 is 17.6 Å². The highest BCUT2D eigenvalue weighted by Gasteiger charge is 2.21. The molecule has 1 amide bonds. The molecule has 0 saturated carbocycles. The van der Waals surface area contributed by atoms with Crippen molar-refractivity contribution in [1.29, 1.82) is 0 Å². The summed E-state index contributed by atoms with van der Waals surface area (Å²) in [7, 11) is -1.43. The molecule has 0 unspecified atom stereocenters. The molecule has 0 bridgehead atoms. The number of carbonyl (C=O) groups is 1. The predicted octanol–water partition coefficient (Wildman–Crippen LogP) is 3.08. The van der Waals surface area contributed by atoms with Gasteiger partial charge in [0.1, 0.15) is 10.7 Å². The molecule has 0 spiro atoms. The van der Waals surface area contributed by atoms with Gasteiger partial charge in [0, 0.05) is 5.69 Å². The molecule has 2 aromatic rings. The summed E-state index contributed by atoms with van der Waals surface area (Å²) in [6, 6.07) is 8.05. The monoisotopic (exact) mass is 368 g/mol. The number of amides is 1. The van der Waals surface area contributed by atoms with Crippen LogP contribution in [0.1, 0.15) is 15.9 Å². The summed E-state index contributed by atoms with van der Waals surface area (Å²) in [5, 5.41) is 2.29. The third-order valence-corrected chi connectivity index (χ3v) is 5.40. The number of halogens is 2. The quantitative estimate of drug-likeness (QED) is 0.842. The first-order valence-electron chi connectivity index (χ1n) is 6.26. The van der Waals surface area contributed by atoms with Gasteiger partial charge in [-0.2, -0.15) is 0 Å². The molecule has 2 aromatic carbocycles. The molecule has 0 aromatic heterocycles. The number of carbonyl (C=O) groups excluding carboxylic acids is 1. The fourth-order valence-electron chi connectivity index (χ4n) is 1.86. The van der Waals surface area contributed by atoms with Crippen LogP contribution in [-0.2, 0) is 10.0 Å². The molecule has 23 heavy (non-hydrogen) atoms. The molecule has 0 fully saturated rings. The Morgan fingerprint density at radius 3 is 2.61 bits per heavy atom. The number of aryl methyl sites for hydroxylation is 1. The van der Waals surface area contributed by atoms with Gasteiger partial charge in [-0.25, -0.2) is 16.8 Å². The van der Waals surface area contributed by atoms with Gasteiger partial charge in [0.05, 0.1) is 10.6 Å². The van der Waals surface area contributed by atoms with E-state index in [-0.39, 0.29) is 15.5 Å². The minimum absolute atomic E-state index is 0.0370. The molecular weight excluding hydrogens is 359 g/mol. The number of rotatable bonds is 4. The molecule has 0 aliphatic rings. The van der Waals surface area contributed by atoms with Crippen LogP contribution in [0.25, 0.3) is 0 Å². The number of anilines is 1. The molecule has 2 radical (unpaired) electrons. The Kier molecular flexibility index (Phi) is 5.08. The van der Waals surface area contributed by atoms with E-state index in [1.807, 2.05) is 0 Å². The Labute approximate surface area is 140 Å². The van der Waals surface area contributed by atoms with Crippen molar-refractivity contribution in [2.75, 3.05) is 5.32 Å². The maximum atomic E-state index is 13.2. The van der Waals surface area contributed by atoms with Crippen LogP contribution in [-0.4, -0.2) is 24.4 Å². The van der Waals surface area contributed by atoms with Crippen LogP contribution >= 0.6 is 11.6 Å². The molecule has 0 aliphatic heterocycles. The summed E-state index contributed by atoms with van der Waals surface area (Å²) in [6.07, 6.45) is 0. The number of sulfonamides is 1. The van der Waals surface area contributed by atoms with Gasteiger partial charge in [-0.15, -0.1) is 0 Å². The fraction of sp³-hybridized carbons (Fsp3) is 0.0714. The van der Waals surface area contributed by atoms with Crippen LogP contribution in [0.15, 0.2) is 45.3 Å². The van der Waals surface area contributed by atoms with E-state index in [1.165, 1.54) is 36.4 Å². The minimum Gasteiger partial charge on any atom is -0.322 e. The number of benzene rings is 2. The lowest BCUT2D eigenvalue weighted by Gasteiger charge is -2.10. The molecule has 9 heteroatoms. The summed E-state index contributed by atoms with van der Waals surface area (Å²) < 4.78 is 39.8. The third kappa shape index (κ3) is 3.71. The van der Waals surface area contributed by atoms with Gasteiger partial charge in [-0.1, -0.05) is 17.7 Å². The molecule has 0 heterocycles. The standard InChI is InChI=1S/C14H10ClFN2O3SSi/c1-8-7-9(5-6-11(8)16)17-14(19)10-3-2-4-12(13(10)15)22(20,21)18-23/h2-7H,1H3,(H,17,19). The van der Waals surface area contributed by atoms with Crippen LogP contribution in [0.5, 0.6) is 0 Å². The van der Waals surface area contributed by atoms with Crippen molar-refractivity contribution >= 4 is 43.3 Å². The molecular formula is C14H10ClFN2O3SSi. The molecule has 118 valence electrons. The summed E-state index contributed by atoms with van der Waals surface area (Å²) in [6.45, 7) is 1.56. The minimum atomic E-state index is -3.99. The highest BCUT2D eigenvalue weighted by Crippen LogP contribution is 2.27. The maximum Gasteiger partial charge on any atom is 0.274 e. The van der Waals surface area contributed by atoms with Crippen molar-refractivity contribution in [1.82, 2.24) is 0 Å². The van der Waals surface area contributed by atoms with Gasteiger partial charge in [0.15, 0.2) is 0 Å². The Balaban J connectivity index is 2.38. The lowest BCUT2D eigenvalue weighted by Crippen LogP contribution is -2.14. The zero-order valence-corrected chi connectivity index (χ0v) is 14.4. The Morgan fingerprint density at radius 1 is 1.30 bits per heavy atom. The highest BCUT2D eigenvalue weighted by atomic mass is 35.5. The van der Waals surface area contributed by atoms with Gasteiger partial charge < -0.3 is 5.32 Å². The van der Waals surface area contributed by atoms with Gasteiger partial charge in [0.2, 0.25) is 10.0 Å². The second-order valence-corrected chi connectivity index (χ2v) is 7.10. The van der Waals surface area contributed by atoms with Crippen molar-refractivity contribution in [2.45, 2.75) is 11.8 Å². The van der Waals surface area contributed by atoms with Crippen molar-refractivity contribution in [2.24, 2.45) is 4.04 Å². The summed E-state index contributed by atoms with van der Waals surface area (Å²) in [4.78, 5) is 12.0. The normalized spacial score (nSPS) is 11.1. The number of hydrogen-bond acceptors (Lipinski definition) is 3. The molecule has 0 atom stereocenters. The predicted molar refractivity (Wildman–Crippen MR) is 85.9 cm³/mol. The van der Waals surface area contributed by atoms with Crippen LogP contribution in [0, 0.1) is 12.7 Å². The third-order valence-electron chi connectivity index (χ3n) is 3.02. The average Bonchev–Trinajstić information content (AvgIpc) is 2.51. The van der Waals surface area contributed by atoms with Crippen molar-refractivity contribution in [3.8, 4) is 0 Å². The largest absolute Gasteiger partial charge is 0.322 e. The zero-order valence-electron chi connectivity index (χ0n) is 11.8. The van der Waals surface area contributed by atoms with Gasteiger partial charge >= 0.3 is 0 Å². The smallest absolute Gasteiger partial charge is 0.274 e. The zero-order chi connectivity index (χ0) is 17.2. The molecule has 0 saturated heterocycles. The van der Waals surface area contributed by atoms with Gasteiger partial charge in [-0.05, 0) is 42.8 Å². The molecule has 2 rings (SSSR count). The van der Waals surface area contributed by atoms with E-state index in [1.54, 1.807) is 6.92 Å². The molecule has 1 N–H and O–H groups in total. The Hall–Kier alpha value is -1.90. The van der Waals surface area contributed by atoms with Gasteiger partial charge in [0.25, 0.3) is 15.9 Å². The number of hydrogen-bond donors (Lipinski definition) is 1. The van der Waals surface area contributed by atoms with E-state index in [0.717, 1.165) is 0 Å². The number of nitrogens with zero attached hydrogens (tertiary/aromatic N) is 1. The topological polar surface area (TPSA) is 75.6 Å². The first-order chi connectivity index (χ1) is 10.8. The molecule has 0 aliphatic carbocycles. The first-order valence-corrected chi connectivity index (χ1v) is 8.52. The second kappa shape index (κ2) is 6.69. The van der Waals surface area contributed by atoms with E-state index in [9.17, 15) is 17.6 Å². The van der Waals surface area contributed by atoms with E-state index in [2.05, 4.69) is 19.4 Å². The van der Waals surface area contributed by atoms with Crippen molar-refractivity contribution in [3.63, 3.8) is 0 Å². The lowest BCUT2D eigenvalue weighted by atomic mass is 10.2. The maximum absolute atomic E-state index is 13.2. The lowest BCUT2D eigenvalue weighted by molar-refractivity contribution is 0.102. The van der Waals surface area contributed by atoms with Gasteiger partial charge in [-0.3, -0.25) is 4.79 Å². The van der Waals surface area contributed by atoms with E-state index in [0.29, 0.717) is 11.3 Å². The highest BCUT2D eigenvalue weighted by molar-refractivity contribution is 7.90. The van der Waals surface area contributed by atoms with Crippen LogP contribution in [0.2, 0.25) is 5.02 Å². The SMILES string of the molecule is Cc1cc(NC(=O)c2cccc(S(=O)(=O)N=[Si])c2Cl)ccc1F. The fourth-order valence-corrected chi connectivity index (χ4v) is 3.34. The second-order valence-electron chi connectivity index (χ2n) is 4.60. The van der Waals surface area contributed by atoms with Crippen LogP contribution in [0.4, 0.5) is 10.1 Å². The van der Waals surface area contributed by atoms with E-state index in [4.69, 9.17) is 11.6 Å². The van der Waals surface area contributed by atoms with E-state index < -0.39 is 21.7 Å². The summed E-state index contributed by atoms with van der Waals surface area (Å²) >= 11 is 6.01. The van der Waals surface area contributed by atoms with Crippen molar-refractivity contribution in [3.05, 3.63) is 58.4 Å². The Morgan fingerprint density at radius 2 is 2.00 bits per heavy atom. The Bertz CT molecular complexity index is 903. The van der Waals surface area contributed by atoms with E-state index >= 15 is 0 Å². The molecule has 5 nitrogen and oxygen atoms in total. The number of nitrogens with one attached hydrogen (secondary N) is 1. The van der Waals surface area contributed by atoms with Crippen LogP contribution in [0.3, 0.4) is 0 Å². The average molecular weight is 369 g/mol. The first kappa shape index (κ1) is 17.5. The summed E-state index contributed by atoms with van der Waals surface area (Å²) in [5.41, 5.74) is 0.691. The summed E-state index contributed by atoms with van der Waals surface area (Å²) in [5.74, 6) is -1.01. The van der Waals surface area contributed by atoms with Crippen LogP contribution < -0.4 is 5.32 Å².